The number of nitrogens with zero attached hydrogens (tertiary/aromatic N) is 2. The Morgan fingerprint density at radius 1 is 1.15 bits per heavy atom. The molecule has 0 aliphatic carbocycles. The molecule has 5 nitrogen and oxygen atoms in total. The van der Waals surface area contributed by atoms with Crippen LogP contribution < -0.4 is 4.90 Å². The van der Waals surface area contributed by atoms with Crippen LogP contribution in [0.4, 0.5) is 5.13 Å². The number of hydrogen-bond acceptors (Lipinski definition) is 6. The maximum Gasteiger partial charge on any atom is 0.273 e. The lowest BCUT2D eigenvalue weighted by atomic mass is 10.2. The van der Waals surface area contributed by atoms with Gasteiger partial charge in [0.2, 0.25) is 0 Å². The van der Waals surface area contributed by atoms with Crippen LogP contribution in [0.1, 0.15) is 5.76 Å². The topological polar surface area (TPSA) is 70.2 Å². The smallest absolute Gasteiger partial charge is 0.273 e. The fourth-order valence-corrected chi connectivity index (χ4v) is 4.57. The van der Waals surface area contributed by atoms with Gasteiger partial charge in [-0.3, -0.25) is 10.2 Å². The molecule has 0 radical (unpaired) electrons. The molecule has 3 aromatic rings. The largest absolute Gasteiger partial charge is 0.457 e. The Labute approximate surface area is 177 Å². The van der Waals surface area contributed by atoms with Crippen LogP contribution in [0, 0.1) is 5.41 Å². The monoisotopic (exact) mass is 455 g/mol. The summed E-state index contributed by atoms with van der Waals surface area (Å²) in [5.41, 5.74) is 0.596. The van der Waals surface area contributed by atoms with Crippen molar-refractivity contribution in [1.29, 1.82) is 5.41 Å². The molecule has 0 saturated carbocycles. The highest BCUT2D eigenvalue weighted by Gasteiger charge is 2.35. The molecule has 1 saturated heterocycles. The van der Waals surface area contributed by atoms with Gasteiger partial charge in [-0.25, -0.2) is 9.88 Å². The molecule has 136 valence electrons. The van der Waals surface area contributed by atoms with E-state index in [-0.39, 0.29) is 11.1 Å². The molecule has 10 heteroatoms. The second-order valence-corrected chi connectivity index (χ2v) is 8.44. The normalized spacial score (nSPS) is 16.0. The summed E-state index contributed by atoms with van der Waals surface area (Å²) in [6.07, 6.45) is 3.18. The molecule has 27 heavy (non-hydrogen) atoms. The number of thioether (sulfide) groups is 1. The molecule has 1 aromatic carbocycles. The molecule has 4 rings (SSSR count). The summed E-state index contributed by atoms with van der Waals surface area (Å²) in [6.45, 7) is 0. The van der Waals surface area contributed by atoms with E-state index < -0.39 is 0 Å². The van der Waals surface area contributed by atoms with Gasteiger partial charge in [-0.05, 0) is 36.0 Å². The molecule has 0 unspecified atom stereocenters. The molecular formula is C17H8Cl3N3O2S2. The fourth-order valence-electron chi connectivity index (χ4n) is 2.40. The van der Waals surface area contributed by atoms with Crippen molar-refractivity contribution in [3.63, 3.8) is 0 Å². The van der Waals surface area contributed by atoms with Crippen LogP contribution in [-0.4, -0.2) is 16.1 Å². The van der Waals surface area contributed by atoms with E-state index in [1.807, 2.05) is 0 Å². The lowest BCUT2D eigenvalue weighted by molar-refractivity contribution is -0.113. The summed E-state index contributed by atoms with van der Waals surface area (Å²) < 4.78 is 5.79. The zero-order valence-electron chi connectivity index (χ0n) is 13.2. The molecule has 1 fully saturated rings. The maximum atomic E-state index is 12.6. The number of furan rings is 1. The highest BCUT2D eigenvalue weighted by atomic mass is 35.5. The van der Waals surface area contributed by atoms with Crippen LogP contribution in [-0.2, 0) is 4.79 Å². The minimum Gasteiger partial charge on any atom is -0.457 e. The zero-order valence-corrected chi connectivity index (χ0v) is 17.1. The van der Waals surface area contributed by atoms with Crippen molar-refractivity contribution in [2.75, 3.05) is 4.90 Å². The van der Waals surface area contributed by atoms with Gasteiger partial charge < -0.3 is 4.42 Å². The summed E-state index contributed by atoms with van der Waals surface area (Å²) in [7, 11) is 0. The first-order valence-electron chi connectivity index (χ1n) is 7.41. The number of aromatic nitrogens is 1. The fraction of sp³-hybridized carbons (Fsp3) is 0. The average molecular weight is 457 g/mol. The van der Waals surface area contributed by atoms with E-state index in [0.717, 1.165) is 11.8 Å². The van der Waals surface area contributed by atoms with Crippen LogP contribution in [0.2, 0.25) is 15.1 Å². The molecule has 2 aromatic heterocycles. The number of halogens is 3. The second kappa shape index (κ2) is 7.33. The van der Waals surface area contributed by atoms with E-state index in [4.69, 9.17) is 44.6 Å². The van der Waals surface area contributed by atoms with Crippen LogP contribution in [0.3, 0.4) is 0 Å². The van der Waals surface area contributed by atoms with E-state index >= 15 is 0 Å². The number of amides is 1. The van der Waals surface area contributed by atoms with Gasteiger partial charge in [0.05, 0.1) is 20.0 Å². The van der Waals surface area contributed by atoms with Crippen LogP contribution in [0.25, 0.3) is 17.4 Å². The van der Waals surface area contributed by atoms with Crippen molar-refractivity contribution in [2.45, 2.75) is 0 Å². The van der Waals surface area contributed by atoms with Crippen molar-refractivity contribution in [1.82, 2.24) is 4.98 Å². The Bertz CT molecular complexity index is 1090. The van der Waals surface area contributed by atoms with E-state index in [0.29, 0.717) is 42.2 Å². The van der Waals surface area contributed by atoms with Crippen molar-refractivity contribution in [3.8, 4) is 11.3 Å². The van der Waals surface area contributed by atoms with Gasteiger partial charge in [-0.1, -0.05) is 34.8 Å². The number of benzene rings is 1. The van der Waals surface area contributed by atoms with Gasteiger partial charge in [0.25, 0.3) is 5.91 Å². The zero-order chi connectivity index (χ0) is 19.1. The van der Waals surface area contributed by atoms with Crippen LogP contribution in [0.15, 0.2) is 45.2 Å². The first kappa shape index (κ1) is 18.6. The lowest BCUT2D eigenvalue weighted by Crippen LogP contribution is -2.27. The number of carbonyl (C=O) groups excluding carboxylic acids is 1. The summed E-state index contributed by atoms with van der Waals surface area (Å²) in [6, 6.07) is 6.61. The molecule has 1 N–H and O–H groups in total. The van der Waals surface area contributed by atoms with E-state index in [9.17, 15) is 4.79 Å². The summed E-state index contributed by atoms with van der Waals surface area (Å²) in [5, 5.41) is 11.5. The summed E-state index contributed by atoms with van der Waals surface area (Å²) in [4.78, 5) is 18.3. The van der Waals surface area contributed by atoms with Crippen molar-refractivity contribution in [3.05, 3.63) is 61.6 Å². The van der Waals surface area contributed by atoms with Crippen molar-refractivity contribution in [2.24, 2.45) is 0 Å². The molecule has 3 heterocycles. The van der Waals surface area contributed by atoms with Gasteiger partial charge in [0, 0.05) is 23.2 Å². The summed E-state index contributed by atoms with van der Waals surface area (Å²) >= 11 is 20.6. The first-order chi connectivity index (χ1) is 12.9. The van der Waals surface area contributed by atoms with Gasteiger partial charge in [0.1, 0.15) is 11.5 Å². The number of rotatable bonds is 3. The minimum absolute atomic E-state index is 0.0977. The van der Waals surface area contributed by atoms with Gasteiger partial charge in [0.15, 0.2) is 10.3 Å². The molecule has 1 amide bonds. The number of hydrogen-bond donors (Lipinski definition) is 1. The third-order valence-electron chi connectivity index (χ3n) is 3.61. The van der Waals surface area contributed by atoms with Crippen LogP contribution >= 0.6 is 57.9 Å². The third-order valence-corrected chi connectivity index (χ3v) is 6.29. The van der Waals surface area contributed by atoms with Crippen LogP contribution in [0.5, 0.6) is 0 Å². The molecule has 0 bridgehead atoms. The highest BCUT2D eigenvalue weighted by molar-refractivity contribution is 8.19. The molecule has 0 spiro atoms. The third kappa shape index (κ3) is 3.53. The Morgan fingerprint density at radius 3 is 2.67 bits per heavy atom. The van der Waals surface area contributed by atoms with E-state index in [1.165, 1.54) is 16.2 Å². The minimum atomic E-state index is -0.314. The number of anilines is 1. The number of amidine groups is 1. The van der Waals surface area contributed by atoms with Crippen molar-refractivity contribution < 1.29 is 9.21 Å². The highest BCUT2D eigenvalue weighted by Crippen LogP contribution is 2.38. The van der Waals surface area contributed by atoms with Gasteiger partial charge in [-0.2, -0.15) is 0 Å². The second-order valence-electron chi connectivity index (χ2n) is 5.32. The Kier molecular flexibility index (Phi) is 5.05. The summed E-state index contributed by atoms with van der Waals surface area (Å²) in [5.74, 6) is 0.634. The standard InChI is InChI=1S/C17H8Cl3N3O2S2/c18-10-7-12(20)11(19)6-9(10)13-2-1-8(25-13)5-14-15(24)23(16(21)27-14)17-22-3-4-26-17/h1-7,21H. The quantitative estimate of drug-likeness (QED) is 0.365. The number of thiazole rings is 1. The molecular weight excluding hydrogens is 449 g/mol. The molecule has 0 atom stereocenters. The van der Waals surface area contributed by atoms with E-state index in [2.05, 4.69) is 4.98 Å². The predicted octanol–water partition coefficient (Wildman–Crippen LogP) is 6.42. The molecule has 1 aliphatic rings. The van der Waals surface area contributed by atoms with Gasteiger partial charge in [-0.15, -0.1) is 11.3 Å². The predicted molar refractivity (Wildman–Crippen MR) is 112 cm³/mol. The Balaban J connectivity index is 1.64. The lowest BCUT2D eigenvalue weighted by Gasteiger charge is -2.08. The number of carbonyl (C=O) groups is 1. The maximum absolute atomic E-state index is 12.6. The SMILES string of the molecule is N=C1SC(=Cc2ccc(-c3cc(Cl)c(Cl)cc3Cl)o2)C(=O)N1c1nccs1. The Hall–Kier alpha value is -1.77. The first-order valence-corrected chi connectivity index (χ1v) is 10.2. The Morgan fingerprint density at radius 2 is 1.93 bits per heavy atom. The molecule has 1 aliphatic heterocycles. The number of nitrogens with one attached hydrogen (secondary N) is 1. The van der Waals surface area contributed by atoms with Crippen molar-refractivity contribution >= 4 is 80.2 Å². The van der Waals surface area contributed by atoms with Gasteiger partial charge >= 0.3 is 0 Å². The van der Waals surface area contributed by atoms with E-state index in [1.54, 1.807) is 41.9 Å². The average Bonchev–Trinajstić information content (AvgIpc) is 3.34.